The SMILES string of the molecule is c1ccc2c(c1)c[n+](OC[n+]1cccc3ccccc31)c1ccccc21. The number of nitrogens with zero attached hydrogens (tertiary/aromatic N) is 2. The molecule has 0 aliphatic carbocycles. The van der Waals surface area contributed by atoms with E-state index in [-0.39, 0.29) is 0 Å². The van der Waals surface area contributed by atoms with E-state index in [2.05, 4.69) is 89.6 Å². The van der Waals surface area contributed by atoms with Gasteiger partial charge < -0.3 is 0 Å². The summed E-state index contributed by atoms with van der Waals surface area (Å²) in [6.07, 6.45) is 4.11. The van der Waals surface area contributed by atoms with E-state index in [4.69, 9.17) is 4.84 Å². The molecule has 0 aliphatic heterocycles. The maximum Gasteiger partial charge on any atom is 0.354 e. The molecule has 0 saturated heterocycles. The Kier molecular flexibility index (Phi) is 3.49. The Bertz CT molecular complexity index is 1240. The molecular formula is C23H18N2O+2. The van der Waals surface area contributed by atoms with Crippen LogP contribution in [0.2, 0.25) is 0 Å². The highest BCUT2D eigenvalue weighted by Crippen LogP contribution is 2.21. The number of pyridine rings is 2. The van der Waals surface area contributed by atoms with Crippen LogP contribution in [0, 0.1) is 0 Å². The van der Waals surface area contributed by atoms with E-state index in [1.54, 1.807) is 0 Å². The van der Waals surface area contributed by atoms with Crippen molar-refractivity contribution in [3.63, 3.8) is 0 Å². The van der Waals surface area contributed by atoms with Crippen LogP contribution in [0.15, 0.2) is 97.3 Å². The Balaban J connectivity index is 1.60. The van der Waals surface area contributed by atoms with Crippen LogP contribution in [0.1, 0.15) is 0 Å². The van der Waals surface area contributed by atoms with Crippen LogP contribution < -0.4 is 14.1 Å². The van der Waals surface area contributed by atoms with Crippen LogP contribution in [0.4, 0.5) is 0 Å². The minimum atomic E-state index is 0.439. The molecule has 5 aromatic rings. The van der Waals surface area contributed by atoms with Crippen molar-refractivity contribution >= 4 is 32.6 Å². The molecule has 0 N–H and O–H groups in total. The zero-order valence-electron chi connectivity index (χ0n) is 14.2. The van der Waals surface area contributed by atoms with E-state index in [0.29, 0.717) is 6.73 Å². The summed E-state index contributed by atoms with van der Waals surface area (Å²) in [6.45, 7) is 0.439. The molecule has 0 fully saturated rings. The zero-order valence-corrected chi connectivity index (χ0v) is 14.2. The minimum absolute atomic E-state index is 0.439. The van der Waals surface area contributed by atoms with Gasteiger partial charge in [0.05, 0.1) is 10.8 Å². The first kappa shape index (κ1) is 14.8. The third-order valence-corrected chi connectivity index (χ3v) is 4.77. The maximum atomic E-state index is 6.20. The number of benzene rings is 3. The Morgan fingerprint density at radius 2 is 1.27 bits per heavy atom. The standard InChI is InChI=1S/C23H18N2O/c1-3-11-20-19(9-1)16-25(23-14-6-4-12-21(20)23)26-17-24-15-7-10-18-8-2-5-13-22(18)24/h1-16H,17H2/q+2. The number of rotatable bonds is 3. The molecule has 0 aliphatic rings. The van der Waals surface area contributed by atoms with Crippen LogP contribution in [-0.2, 0) is 6.73 Å². The van der Waals surface area contributed by atoms with E-state index in [1.807, 2.05) is 17.0 Å². The summed E-state index contributed by atoms with van der Waals surface area (Å²) >= 11 is 0. The van der Waals surface area contributed by atoms with Gasteiger partial charge in [-0.05, 0) is 24.3 Å². The number of para-hydroxylation sites is 2. The number of fused-ring (bicyclic) bond motifs is 4. The van der Waals surface area contributed by atoms with Gasteiger partial charge >= 0.3 is 6.73 Å². The Hall–Kier alpha value is -3.46. The number of hydrogen-bond acceptors (Lipinski definition) is 1. The molecule has 3 nitrogen and oxygen atoms in total. The monoisotopic (exact) mass is 338 g/mol. The second-order valence-corrected chi connectivity index (χ2v) is 6.35. The van der Waals surface area contributed by atoms with Crippen molar-refractivity contribution in [1.82, 2.24) is 0 Å². The van der Waals surface area contributed by atoms with Gasteiger partial charge in [0.25, 0.3) is 5.52 Å². The van der Waals surface area contributed by atoms with Crippen molar-refractivity contribution < 1.29 is 14.1 Å². The summed E-state index contributed by atoms with van der Waals surface area (Å²) in [5, 5.41) is 4.79. The maximum absolute atomic E-state index is 6.20. The first-order chi connectivity index (χ1) is 12.9. The van der Waals surface area contributed by atoms with Crippen LogP contribution in [-0.4, -0.2) is 0 Å². The average Bonchev–Trinajstić information content (AvgIpc) is 2.72. The summed E-state index contributed by atoms with van der Waals surface area (Å²) in [5.74, 6) is 0. The average molecular weight is 338 g/mol. The fourth-order valence-electron chi connectivity index (χ4n) is 3.51. The lowest BCUT2D eigenvalue weighted by Gasteiger charge is -2.04. The normalized spacial score (nSPS) is 11.2. The molecule has 0 spiro atoms. The van der Waals surface area contributed by atoms with Crippen LogP contribution >= 0.6 is 0 Å². The highest BCUT2D eigenvalue weighted by Gasteiger charge is 2.17. The molecule has 5 rings (SSSR count). The Morgan fingerprint density at radius 3 is 2.15 bits per heavy atom. The van der Waals surface area contributed by atoms with E-state index in [1.165, 1.54) is 16.2 Å². The summed E-state index contributed by atoms with van der Waals surface area (Å²) in [5.41, 5.74) is 2.22. The molecule has 0 radical (unpaired) electrons. The van der Waals surface area contributed by atoms with E-state index < -0.39 is 0 Å². The van der Waals surface area contributed by atoms with Gasteiger partial charge in [-0.15, -0.1) is 0 Å². The van der Waals surface area contributed by atoms with E-state index in [0.717, 1.165) is 16.4 Å². The van der Waals surface area contributed by atoms with Gasteiger partial charge in [0.15, 0.2) is 6.20 Å². The van der Waals surface area contributed by atoms with Crippen LogP contribution in [0.3, 0.4) is 0 Å². The summed E-state index contributed by atoms with van der Waals surface area (Å²) < 4.78 is 4.00. The van der Waals surface area contributed by atoms with Crippen molar-refractivity contribution in [2.45, 2.75) is 6.73 Å². The third-order valence-electron chi connectivity index (χ3n) is 4.77. The lowest BCUT2D eigenvalue weighted by Crippen LogP contribution is -2.51. The fraction of sp³-hybridized carbons (Fsp3) is 0.0435. The summed E-state index contributed by atoms with van der Waals surface area (Å²) in [4.78, 5) is 6.20. The first-order valence-electron chi connectivity index (χ1n) is 8.73. The van der Waals surface area contributed by atoms with Gasteiger partial charge in [0.1, 0.15) is 0 Å². The van der Waals surface area contributed by atoms with Crippen LogP contribution in [0.25, 0.3) is 32.6 Å². The van der Waals surface area contributed by atoms with Crippen molar-refractivity contribution in [2.75, 3.05) is 0 Å². The molecule has 2 aromatic heterocycles. The summed E-state index contributed by atoms with van der Waals surface area (Å²) in [7, 11) is 0. The van der Waals surface area contributed by atoms with E-state index >= 15 is 0 Å². The van der Waals surface area contributed by atoms with Gasteiger partial charge in [0.2, 0.25) is 11.7 Å². The summed E-state index contributed by atoms with van der Waals surface area (Å²) in [6, 6.07) is 29.3. The molecule has 3 aromatic carbocycles. The predicted octanol–water partition coefficient (Wildman–Crippen LogP) is 3.81. The quantitative estimate of drug-likeness (QED) is 0.361. The van der Waals surface area contributed by atoms with Gasteiger partial charge in [-0.2, -0.15) is 9.40 Å². The molecular weight excluding hydrogens is 320 g/mol. The number of hydrogen-bond donors (Lipinski definition) is 0. The van der Waals surface area contributed by atoms with Gasteiger partial charge in [-0.3, -0.25) is 0 Å². The van der Waals surface area contributed by atoms with Gasteiger partial charge in [-0.1, -0.05) is 42.5 Å². The van der Waals surface area contributed by atoms with Crippen molar-refractivity contribution in [1.29, 1.82) is 0 Å². The van der Waals surface area contributed by atoms with Crippen molar-refractivity contribution in [2.24, 2.45) is 0 Å². The number of aromatic nitrogens is 2. The molecule has 0 bridgehead atoms. The molecule has 0 amide bonds. The first-order valence-corrected chi connectivity index (χ1v) is 8.73. The minimum Gasteiger partial charge on any atom is -0.198 e. The van der Waals surface area contributed by atoms with Gasteiger partial charge in [-0.25, -0.2) is 0 Å². The lowest BCUT2D eigenvalue weighted by atomic mass is 10.1. The Labute approximate surface area is 151 Å². The fourth-order valence-corrected chi connectivity index (χ4v) is 3.51. The van der Waals surface area contributed by atoms with Crippen molar-refractivity contribution in [3.05, 3.63) is 97.3 Å². The second kappa shape index (κ2) is 6.12. The lowest BCUT2D eigenvalue weighted by molar-refractivity contribution is -0.931. The molecule has 0 saturated carbocycles. The molecule has 2 heterocycles. The van der Waals surface area contributed by atoms with Crippen LogP contribution in [0.5, 0.6) is 0 Å². The van der Waals surface area contributed by atoms with Gasteiger partial charge in [0, 0.05) is 33.7 Å². The zero-order chi connectivity index (χ0) is 17.3. The molecule has 124 valence electrons. The highest BCUT2D eigenvalue weighted by molar-refractivity contribution is 6.03. The molecule has 26 heavy (non-hydrogen) atoms. The third kappa shape index (κ3) is 2.45. The largest absolute Gasteiger partial charge is 0.354 e. The predicted molar refractivity (Wildman–Crippen MR) is 102 cm³/mol. The molecule has 3 heteroatoms. The smallest absolute Gasteiger partial charge is 0.198 e. The second-order valence-electron chi connectivity index (χ2n) is 6.35. The van der Waals surface area contributed by atoms with E-state index in [9.17, 15) is 0 Å². The molecule has 0 atom stereocenters. The van der Waals surface area contributed by atoms with Crippen molar-refractivity contribution in [3.8, 4) is 0 Å². The Morgan fingerprint density at radius 1 is 0.615 bits per heavy atom. The highest BCUT2D eigenvalue weighted by atomic mass is 16.7. The topological polar surface area (TPSA) is 17.0 Å². The molecule has 0 unspecified atom stereocenters.